The van der Waals surface area contributed by atoms with Crippen molar-refractivity contribution in [1.29, 1.82) is 0 Å². The van der Waals surface area contributed by atoms with Gasteiger partial charge in [0.2, 0.25) is 5.95 Å². The highest BCUT2D eigenvalue weighted by atomic mass is 16.3. The number of β-amino-alcohol motifs (C(OH)–C–C–N with tert-alkyl or cyclic N) is 1. The van der Waals surface area contributed by atoms with Gasteiger partial charge in [-0.2, -0.15) is 10.1 Å². The summed E-state index contributed by atoms with van der Waals surface area (Å²) in [5.74, 6) is 1.57. The Morgan fingerprint density at radius 1 is 1.42 bits per heavy atom. The summed E-state index contributed by atoms with van der Waals surface area (Å²) in [7, 11) is 1.99. The first-order valence-electron chi connectivity index (χ1n) is 8.57. The Morgan fingerprint density at radius 2 is 2.25 bits per heavy atom. The Bertz CT molecular complexity index is 685. The van der Waals surface area contributed by atoms with E-state index in [-0.39, 0.29) is 6.10 Å². The molecule has 0 aliphatic carbocycles. The predicted molar refractivity (Wildman–Crippen MR) is 94.2 cm³/mol. The molecule has 0 saturated carbocycles. The summed E-state index contributed by atoms with van der Waals surface area (Å²) in [6.07, 6.45) is 5.30. The van der Waals surface area contributed by atoms with E-state index in [1.807, 2.05) is 28.9 Å². The Hall–Kier alpha value is -2.15. The summed E-state index contributed by atoms with van der Waals surface area (Å²) in [5, 5.41) is 14.3. The first-order chi connectivity index (χ1) is 11.6. The Kier molecular flexibility index (Phi) is 4.99. The molecule has 2 aromatic heterocycles. The van der Waals surface area contributed by atoms with Crippen LogP contribution < -0.4 is 9.80 Å². The van der Waals surface area contributed by atoms with Gasteiger partial charge in [-0.25, -0.2) is 4.98 Å². The van der Waals surface area contributed by atoms with Crippen LogP contribution in [-0.2, 0) is 13.1 Å². The van der Waals surface area contributed by atoms with Gasteiger partial charge < -0.3 is 14.9 Å². The van der Waals surface area contributed by atoms with Crippen molar-refractivity contribution in [3.05, 3.63) is 29.7 Å². The van der Waals surface area contributed by atoms with Gasteiger partial charge in [0, 0.05) is 50.7 Å². The van der Waals surface area contributed by atoms with Crippen molar-refractivity contribution < 1.29 is 5.11 Å². The molecule has 3 heterocycles. The molecule has 1 N–H and O–H groups in total. The second kappa shape index (κ2) is 7.17. The van der Waals surface area contributed by atoms with E-state index in [0.29, 0.717) is 12.5 Å². The number of anilines is 2. The number of nitrogens with zero attached hydrogens (tertiary/aromatic N) is 6. The molecule has 3 rings (SSSR count). The van der Waals surface area contributed by atoms with Crippen LogP contribution in [0, 0.1) is 6.92 Å². The van der Waals surface area contributed by atoms with Crippen molar-refractivity contribution >= 4 is 11.8 Å². The Balaban J connectivity index is 1.74. The van der Waals surface area contributed by atoms with E-state index < -0.39 is 0 Å². The lowest BCUT2D eigenvalue weighted by molar-refractivity contribution is 0.154. The molecule has 2 aromatic rings. The van der Waals surface area contributed by atoms with Gasteiger partial charge in [0.1, 0.15) is 5.82 Å². The van der Waals surface area contributed by atoms with Crippen LogP contribution in [0.15, 0.2) is 18.5 Å². The zero-order valence-electron chi connectivity index (χ0n) is 14.7. The number of aliphatic hydroxyl groups is 1. The van der Waals surface area contributed by atoms with Crippen LogP contribution in [0.3, 0.4) is 0 Å². The molecule has 1 unspecified atom stereocenters. The summed E-state index contributed by atoms with van der Waals surface area (Å²) in [6, 6.07) is 1.91. The normalized spacial score (nSPS) is 18.0. The van der Waals surface area contributed by atoms with E-state index in [0.717, 1.165) is 38.3 Å². The fourth-order valence-electron chi connectivity index (χ4n) is 3.15. The molecule has 0 aromatic carbocycles. The van der Waals surface area contributed by atoms with Crippen molar-refractivity contribution in [3.8, 4) is 0 Å². The summed E-state index contributed by atoms with van der Waals surface area (Å²) >= 11 is 0. The fourth-order valence-corrected chi connectivity index (χ4v) is 3.15. The highest BCUT2D eigenvalue weighted by Gasteiger charge is 2.20. The lowest BCUT2D eigenvalue weighted by atomic mass is 10.1. The van der Waals surface area contributed by atoms with Crippen LogP contribution in [0.4, 0.5) is 11.8 Å². The molecular weight excluding hydrogens is 304 g/mol. The smallest absolute Gasteiger partial charge is 0.227 e. The summed E-state index contributed by atoms with van der Waals surface area (Å²) in [6.45, 7) is 7.35. The van der Waals surface area contributed by atoms with E-state index >= 15 is 0 Å². The fraction of sp³-hybridized carbons (Fsp3) is 0.588. The minimum Gasteiger partial charge on any atom is -0.391 e. The lowest BCUT2D eigenvalue weighted by Crippen LogP contribution is -2.38. The first kappa shape index (κ1) is 16.7. The highest BCUT2D eigenvalue weighted by molar-refractivity contribution is 5.44. The lowest BCUT2D eigenvalue weighted by Gasteiger charge is -2.31. The van der Waals surface area contributed by atoms with Gasteiger partial charge in [-0.1, -0.05) is 0 Å². The minimum absolute atomic E-state index is 0.266. The number of hydrogen-bond donors (Lipinski definition) is 1. The van der Waals surface area contributed by atoms with E-state index in [4.69, 9.17) is 0 Å². The molecule has 1 aliphatic heterocycles. The van der Waals surface area contributed by atoms with Gasteiger partial charge in [0.25, 0.3) is 0 Å². The van der Waals surface area contributed by atoms with Crippen molar-refractivity contribution in [2.75, 3.05) is 29.9 Å². The second-order valence-corrected chi connectivity index (χ2v) is 6.38. The van der Waals surface area contributed by atoms with Gasteiger partial charge in [-0.3, -0.25) is 4.68 Å². The predicted octanol–water partition coefficient (Wildman–Crippen LogP) is 1.60. The number of aromatic nitrogens is 4. The standard InChI is InChI=1S/C17H26N6O/c1-4-23-13(2)14(10-19-23)11-21(3)17-18-8-7-16(20-17)22-9-5-6-15(24)12-22/h7-8,10,15,24H,4-6,9,11-12H2,1-3H3. The third-order valence-electron chi connectivity index (χ3n) is 4.60. The third-order valence-corrected chi connectivity index (χ3v) is 4.60. The van der Waals surface area contributed by atoms with Crippen LogP contribution in [-0.4, -0.2) is 51.1 Å². The summed E-state index contributed by atoms with van der Waals surface area (Å²) in [5.41, 5.74) is 2.36. The van der Waals surface area contributed by atoms with Crippen molar-refractivity contribution in [1.82, 2.24) is 19.7 Å². The van der Waals surface area contributed by atoms with Crippen molar-refractivity contribution in [3.63, 3.8) is 0 Å². The average molecular weight is 330 g/mol. The average Bonchev–Trinajstić information content (AvgIpc) is 2.95. The van der Waals surface area contributed by atoms with E-state index in [9.17, 15) is 5.11 Å². The molecule has 1 atom stereocenters. The van der Waals surface area contributed by atoms with E-state index in [1.54, 1.807) is 6.20 Å². The van der Waals surface area contributed by atoms with Gasteiger partial charge in [-0.15, -0.1) is 0 Å². The Morgan fingerprint density at radius 3 is 2.96 bits per heavy atom. The largest absolute Gasteiger partial charge is 0.391 e. The molecule has 1 saturated heterocycles. The quantitative estimate of drug-likeness (QED) is 0.898. The SMILES string of the molecule is CCn1ncc(CN(C)c2nccc(N3CCCC(O)C3)n2)c1C. The summed E-state index contributed by atoms with van der Waals surface area (Å²) in [4.78, 5) is 13.3. The molecule has 1 aliphatic rings. The minimum atomic E-state index is -0.266. The molecule has 130 valence electrons. The number of aliphatic hydroxyl groups excluding tert-OH is 1. The maximum atomic E-state index is 9.87. The first-order valence-corrected chi connectivity index (χ1v) is 8.57. The molecule has 1 fully saturated rings. The monoisotopic (exact) mass is 330 g/mol. The summed E-state index contributed by atoms with van der Waals surface area (Å²) < 4.78 is 2.00. The van der Waals surface area contributed by atoms with E-state index in [2.05, 4.69) is 33.8 Å². The highest BCUT2D eigenvalue weighted by Crippen LogP contribution is 2.20. The molecule has 0 radical (unpaired) electrons. The second-order valence-electron chi connectivity index (χ2n) is 6.38. The van der Waals surface area contributed by atoms with Gasteiger partial charge >= 0.3 is 0 Å². The topological polar surface area (TPSA) is 70.3 Å². The third kappa shape index (κ3) is 3.51. The zero-order valence-corrected chi connectivity index (χ0v) is 14.7. The maximum absolute atomic E-state index is 9.87. The van der Waals surface area contributed by atoms with Crippen LogP contribution in [0.25, 0.3) is 0 Å². The van der Waals surface area contributed by atoms with Crippen LogP contribution in [0.1, 0.15) is 31.0 Å². The van der Waals surface area contributed by atoms with Crippen LogP contribution >= 0.6 is 0 Å². The van der Waals surface area contributed by atoms with Crippen molar-refractivity contribution in [2.45, 2.75) is 45.9 Å². The molecule has 7 nitrogen and oxygen atoms in total. The van der Waals surface area contributed by atoms with E-state index in [1.165, 1.54) is 11.3 Å². The molecule has 7 heteroatoms. The Labute approximate surface area is 142 Å². The number of rotatable bonds is 5. The zero-order chi connectivity index (χ0) is 17.1. The van der Waals surface area contributed by atoms with Gasteiger partial charge in [0.15, 0.2) is 0 Å². The molecule has 0 spiro atoms. The number of piperidine rings is 1. The van der Waals surface area contributed by atoms with Crippen molar-refractivity contribution in [2.24, 2.45) is 0 Å². The van der Waals surface area contributed by atoms with Crippen LogP contribution in [0.2, 0.25) is 0 Å². The molecular formula is C17H26N6O. The number of hydrogen-bond acceptors (Lipinski definition) is 6. The van der Waals surface area contributed by atoms with Gasteiger partial charge in [0.05, 0.1) is 12.3 Å². The van der Waals surface area contributed by atoms with Gasteiger partial charge in [-0.05, 0) is 32.8 Å². The molecule has 0 amide bonds. The van der Waals surface area contributed by atoms with Crippen LogP contribution in [0.5, 0.6) is 0 Å². The number of aryl methyl sites for hydroxylation is 1. The molecule has 0 bridgehead atoms. The molecule has 24 heavy (non-hydrogen) atoms. The maximum Gasteiger partial charge on any atom is 0.227 e.